The summed E-state index contributed by atoms with van der Waals surface area (Å²) < 4.78 is 14.3. The lowest BCUT2D eigenvalue weighted by Crippen LogP contribution is -2.57. The maximum Gasteiger partial charge on any atom is 0.220 e. The van der Waals surface area contributed by atoms with Gasteiger partial charge in [-0.25, -0.2) is 4.39 Å². The van der Waals surface area contributed by atoms with Gasteiger partial charge in [-0.3, -0.25) is 19.6 Å². The van der Waals surface area contributed by atoms with Gasteiger partial charge >= 0.3 is 0 Å². The van der Waals surface area contributed by atoms with Crippen molar-refractivity contribution in [2.75, 3.05) is 50.7 Å². The van der Waals surface area contributed by atoms with Gasteiger partial charge in [-0.2, -0.15) is 0 Å². The first-order chi connectivity index (χ1) is 17.0. The Balaban J connectivity index is 1.37. The van der Waals surface area contributed by atoms with Crippen LogP contribution < -0.4 is 10.2 Å². The van der Waals surface area contributed by atoms with Crippen LogP contribution in [0.2, 0.25) is 0 Å². The Morgan fingerprint density at radius 3 is 2.57 bits per heavy atom. The molecule has 35 heavy (non-hydrogen) atoms. The molecule has 0 spiro atoms. The Kier molecular flexibility index (Phi) is 9.10. The number of likely N-dealkylation sites (tertiary alicyclic amines) is 1. The van der Waals surface area contributed by atoms with Gasteiger partial charge in [0.15, 0.2) is 0 Å². The third-order valence-electron chi connectivity index (χ3n) is 7.32. The number of para-hydroxylation sites is 1. The highest BCUT2D eigenvalue weighted by molar-refractivity contribution is 5.75. The number of nitrogens with one attached hydrogen (secondary N) is 1. The molecule has 1 N–H and O–H groups in total. The molecular weight excluding hydrogens is 441 g/mol. The molecule has 3 heterocycles. The number of pyridine rings is 1. The van der Waals surface area contributed by atoms with Crippen molar-refractivity contribution in [3.05, 3.63) is 60.2 Å². The second-order valence-electron chi connectivity index (χ2n) is 10.4. The Morgan fingerprint density at radius 2 is 1.86 bits per heavy atom. The molecule has 2 saturated heterocycles. The average molecular weight is 482 g/mol. The van der Waals surface area contributed by atoms with E-state index in [9.17, 15) is 9.18 Å². The van der Waals surface area contributed by atoms with Gasteiger partial charge in [0.05, 0.1) is 11.4 Å². The first kappa shape index (κ1) is 25.6. The largest absolute Gasteiger partial charge is 0.367 e. The fraction of sp³-hybridized carbons (Fsp3) is 0.571. The molecule has 2 aliphatic heterocycles. The minimum atomic E-state index is -0.144. The van der Waals surface area contributed by atoms with Crippen LogP contribution in [-0.2, 0) is 11.3 Å². The van der Waals surface area contributed by atoms with Gasteiger partial charge in [-0.15, -0.1) is 0 Å². The number of halogens is 1. The number of nitrogens with zero attached hydrogens (tertiary/aromatic N) is 4. The fourth-order valence-corrected chi connectivity index (χ4v) is 5.45. The number of rotatable bonds is 9. The maximum atomic E-state index is 14.3. The van der Waals surface area contributed by atoms with Gasteiger partial charge in [-0.1, -0.05) is 32.0 Å². The number of benzene rings is 1. The Labute approximate surface area is 209 Å². The van der Waals surface area contributed by atoms with Crippen molar-refractivity contribution in [1.29, 1.82) is 0 Å². The molecule has 0 unspecified atom stereocenters. The summed E-state index contributed by atoms with van der Waals surface area (Å²) >= 11 is 0. The minimum Gasteiger partial charge on any atom is -0.367 e. The molecule has 2 fully saturated rings. The van der Waals surface area contributed by atoms with Crippen molar-refractivity contribution in [1.82, 2.24) is 20.1 Å². The molecule has 2 aliphatic rings. The van der Waals surface area contributed by atoms with Crippen LogP contribution in [0.5, 0.6) is 0 Å². The Hall–Kier alpha value is -2.51. The van der Waals surface area contributed by atoms with Crippen molar-refractivity contribution in [2.45, 2.75) is 45.7 Å². The number of piperidine rings is 1. The lowest BCUT2D eigenvalue weighted by molar-refractivity contribution is -0.121. The molecule has 1 amide bonds. The number of anilines is 1. The normalized spacial score (nSPS) is 21.9. The monoisotopic (exact) mass is 481 g/mol. The first-order valence-electron chi connectivity index (χ1n) is 13.1. The van der Waals surface area contributed by atoms with Crippen LogP contribution in [0.4, 0.5) is 10.1 Å². The number of hydrogen-bond donors (Lipinski definition) is 1. The van der Waals surface area contributed by atoms with E-state index in [2.05, 4.69) is 44.9 Å². The number of aromatic nitrogens is 1. The van der Waals surface area contributed by atoms with Gasteiger partial charge in [0.1, 0.15) is 5.82 Å². The highest BCUT2D eigenvalue weighted by Crippen LogP contribution is 2.29. The molecule has 6 nitrogen and oxygen atoms in total. The maximum absolute atomic E-state index is 14.3. The zero-order valence-corrected chi connectivity index (χ0v) is 21.2. The first-order valence-corrected chi connectivity index (χ1v) is 13.1. The van der Waals surface area contributed by atoms with Crippen molar-refractivity contribution in [3.8, 4) is 0 Å². The van der Waals surface area contributed by atoms with E-state index >= 15 is 0 Å². The summed E-state index contributed by atoms with van der Waals surface area (Å²) in [5.41, 5.74) is 1.80. The predicted octanol–water partition coefficient (Wildman–Crippen LogP) is 3.79. The van der Waals surface area contributed by atoms with Crippen LogP contribution in [-0.4, -0.2) is 72.5 Å². The minimum absolute atomic E-state index is 0.144. The van der Waals surface area contributed by atoms with Crippen LogP contribution >= 0.6 is 0 Å². The lowest BCUT2D eigenvalue weighted by atomic mass is 9.86. The van der Waals surface area contributed by atoms with Gasteiger partial charge in [-0.05, 0) is 48.9 Å². The van der Waals surface area contributed by atoms with Crippen molar-refractivity contribution < 1.29 is 9.18 Å². The van der Waals surface area contributed by atoms with E-state index in [1.54, 1.807) is 12.1 Å². The highest BCUT2D eigenvalue weighted by atomic mass is 19.1. The summed E-state index contributed by atoms with van der Waals surface area (Å²) in [5, 5.41) is 3.08. The third kappa shape index (κ3) is 7.24. The quantitative estimate of drug-likeness (QED) is 0.591. The molecule has 2 aromatic rings. The fourth-order valence-electron chi connectivity index (χ4n) is 5.45. The zero-order chi connectivity index (χ0) is 24.6. The van der Waals surface area contributed by atoms with Crippen LogP contribution in [0.3, 0.4) is 0 Å². The molecule has 1 aromatic carbocycles. The molecule has 4 rings (SSSR count). The van der Waals surface area contributed by atoms with E-state index in [0.717, 1.165) is 70.9 Å². The Morgan fingerprint density at radius 1 is 1.09 bits per heavy atom. The van der Waals surface area contributed by atoms with Crippen LogP contribution in [0.1, 0.15) is 38.8 Å². The summed E-state index contributed by atoms with van der Waals surface area (Å²) in [6.45, 7) is 11.3. The molecule has 190 valence electrons. The van der Waals surface area contributed by atoms with Gasteiger partial charge in [0.2, 0.25) is 5.91 Å². The van der Waals surface area contributed by atoms with Crippen molar-refractivity contribution >= 4 is 11.6 Å². The predicted molar refractivity (Wildman–Crippen MR) is 139 cm³/mol. The zero-order valence-electron chi connectivity index (χ0n) is 21.2. The molecular formula is C28H40FN5O. The smallest absolute Gasteiger partial charge is 0.220 e. The van der Waals surface area contributed by atoms with E-state index in [1.807, 2.05) is 30.5 Å². The van der Waals surface area contributed by atoms with E-state index in [0.29, 0.717) is 30.0 Å². The van der Waals surface area contributed by atoms with E-state index in [1.165, 1.54) is 0 Å². The topological polar surface area (TPSA) is 51.7 Å². The van der Waals surface area contributed by atoms with E-state index in [-0.39, 0.29) is 11.7 Å². The number of amides is 1. The third-order valence-corrected chi connectivity index (χ3v) is 7.32. The SMILES string of the molecule is CC(C)CNC(=O)CC[C@H]1CN(Cc2ccccn2)CC[C@H]1N1CCN(c2ccccc2F)CC1. The van der Waals surface area contributed by atoms with Crippen LogP contribution in [0, 0.1) is 17.7 Å². The average Bonchev–Trinajstić information content (AvgIpc) is 2.87. The molecule has 0 saturated carbocycles. The molecule has 2 atom stereocenters. The standard InChI is InChI=1S/C28H40FN5O/c1-22(2)19-31-28(35)11-10-23-20-32(21-24-7-5-6-13-30-24)14-12-26(23)33-15-17-34(18-16-33)27-9-4-3-8-25(27)29/h3-9,13,22-23,26H,10-12,14-21H2,1-2H3,(H,31,35)/t23-,26+/m0/s1. The summed E-state index contributed by atoms with van der Waals surface area (Å²) in [6, 6.07) is 13.6. The second kappa shape index (κ2) is 12.5. The van der Waals surface area contributed by atoms with Gasteiger partial charge in [0.25, 0.3) is 0 Å². The van der Waals surface area contributed by atoms with Gasteiger partial charge < -0.3 is 10.2 Å². The molecule has 0 bridgehead atoms. The van der Waals surface area contributed by atoms with E-state index in [4.69, 9.17) is 0 Å². The van der Waals surface area contributed by atoms with Crippen LogP contribution in [0.25, 0.3) is 0 Å². The number of carbonyl (C=O) groups is 1. The van der Waals surface area contributed by atoms with E-state index < -0.39 is 0 Å². The number of piperazine rings is 1. The molecule has 7 heteroatoms. The lowest BCUT2D eigenvalue weighted by Gasteiger charge is -2.47. The van der Waals surface area contributed by atoms with Gasteiger partial charge in [0, 0.05) is 71.0 Å². The summed E-state index contributed by atoms with van der Waals surface area (Å²) in [6.07, 6.45) is 4.40. The molecule has 0 aliphatic carbocycles. The van der Waals surface area contributed by atoms with Crippen molar-refractivity contribution in [3.63, 3.8) is 0 Å². The number of hydrogen-bond acceptors (Lipinski definition) is 5. The van der Waals surface area contributed by atoms with Crippen molar-refractivity contribution in [2.24, 2.45) is 11.8 Å². The molecule has 0 radical (unpaired) electrons. The number of carbonyl (C=O) groups excluding carboxylic acids is 1. The highest BCUT2D eigenvalue weighted by Gasteiger charge is 2.35. The summed E-state index contributed by atoms with van der Waals surface area (Å²) in [7, 11) is 0. The summed E-state index contributed by atoms with van der Waals surface area (Å²) in [4.78, 5) is 24.2. The van der Waals surface area contributed by atoms with Crippen LogP contribution in [0.15, 0.2) is 48.7 Å². The Bertz CT molecular complexity index is 932. The second-order valence-corrected chi connectivity index (χ2v) is 10.4. The summed E-state index contributed by atoms with van der Waals surface area (Å²) in [5.74, 6) is 0.899. The molecule has 1 aromatic heterocycles.